The third-order valence-electron chi connectivity index (χ3n) is 4.32. The number of rotatable bonds is 7. The Kier molecular flexibility index (Phi) is 6.00. The van der Waals surface area contributed by atoms with E-state index in [2.05, 4.69) is 22.8 Å². The van der Waals surface area contributed by atoms with E-state index in [0.717, 1.165) is 36.5 Å². The van der Waals surface area contributed by atoms with Gasteiger partial charge in [0, 0.05) is 13.0 Å². The van der Waals surface area contributed by atoms with Gasteiger partial charge in [0.1, 0.15) is 18.1 Å². The van der Waals surface area contributed by atoms with Crippen molar-refractivity contribution in [3.63, 3.8) is 0 Å². The van der Waals surface area contributed by atoms with E-state index in [9.17, 15) is 4.79 Å². The summed E-state index contributed by atoms with van der Waals surface area (Å²) in [7, 11) is 0. The van der Waals surface area contributed by atoms with E-state index in [1.807, 2.05) is 44.2 Å². The van der Waals surface area contributed by atoms with Crippen molar-refractivity contribution in [2.45, 2.75) is 32.7 Å². The molecule has 0 saturated heterocycles. The van der Waals surface area contributed by atoms with Crippen LogP contribution in [-0.2, 0) is 12.8 Å². The van der Waals surface area contributed by atoms with Gasteiger partial charge in [0.25, 0.3) is 0 Å². The number of aryl methyl sites for hydroxylation is 1. The van der Waals surface area contributed by atoms with Gasteiger partial charge in [-0.25, -0.2) is 4.79 Å². The smallest absolute Gasteiger partial charge is 0.315 e. The summed E-state index contributed by atoms with van der Waals surface area (Å²) >= 11 is 0. The molecule has 0 fully saturated rings. The summed E-state index contributed by atoms with van der Waals surface area (Å²) in [6.45, 7) is 5.74. The van der Waals surface area contributed by atoms with Crippen LogP contribution in [-0.4, -0.2) is 31.8 Å². The number of carbonyl (C=O) groups excluding carboxylic acids is 1. The Bertz CT molecular complexity index is 761. The van der Waals surface area contributed by atoms with E-state index in [1.165, 1.54) is 11.1 Å². The number of benzene rings is 2. The van der Waals surface area contributed by atoms with Crippen LogP contribution in [0.2, 0.25) is 0 Å². The molecule has 0 aromatic heterocycles. The molecule has 0 radical (unpaired) electrons. The number of fused-ring (bicyclic) bond motifs is 1. The first-order valence-corrected chi connectivity index (χ1v) is 9.08. The molecular formula is C21H26N2O3. The minimum atomic E-state index is -0.171. The Labute approximate surface area is 154 Å². The zero-order valence-electron chi connectivity index (χ0n) is 15.4. The minimum absolute atomic E-state index is 0.0762. The van der Waals surface area contributed by atoms with Crippen molar-refractivity contribution in [1.82, 2.24) is 10.6 Å². The number of hydrogen-bond acceptors (Lipinski definition) is 3. The Morgan fingerprint density at radius 2 is 2.15 bits per heavy atom. The number of urea groups is 1. The van der Waals surface area contributed by atoms with Crippen LogP contribution in [0.25, 0.3) is 0 Å². The van der Waals surface area contributed by atoms with Crippen molar-refractivity contribution in [3.05, 3.63) is 59.2 Å². The van der Waals surface area contributed by atoms with Crippen LogP contribution in [0, 0.1) is 6.92 Å². The van der Waals surface area contributed by atoms with Gasteiger partial charge in [0.05, 0.1) is 12.6 Å². The van der Waals surface area contributed by atoms with Crippen LogP contribution in [0.1, 0.15) is 23.6 Å². The number of amides is 2. The van der Waals surface area contributed by atoms with Crippen molar-refractivity contribution in [1.29, 1.82) is 0 Å². The summed E-state index contributed by atoms with van der Waals surface area (Å²) in [5.74, 6) is 1.81. The fourth-order valence-electron chi connectivity index (χ4n) is 2.96. The van der Waals surface area contributed by atoms with Crippen molar-refractivity contribution in [3.8, 4) is 11.5 Å². The molecule has 3 rings (SSSR count). The topological polar surface area (TPSA) is 59.6 Å². The molecule has 0 spiro atoms. The van der Waals surface area contributed by atoms with E-state index in [-0.39, 0.29) is 12.1 Å². The highest BCUT2D eigenvalue weighted by Gasteiger charge is 2.12. The van der Waals surface area contributed by atoms with Gasteiger partial charge in [-0.05, 0) is 55.2 Å². The van der Waals surface area contributed by atoms with Crippen molar-refractivity contribution in [2.24, 2.45) is 0 Å². The summed E-state index contributed by atoms with van der Waals surface area (Å²) in [4.78, 5) is 12.0. The van der Waals surface area contributed by atoms with E-state index in [4.69, 9.17) is 9.47 Å². The van der Waals surface area contributed by atoms with Crippen LogP contribution in [0.5, 0.6) is 11.5 Å². The maximum absolute atomic E-state index is 12.0. The first kappa shape index (κ1) is 18.1. The average Bonchev–Trinajstić information content (AvgIpc) is 3.08. The van der Waals surface area contributed by atoms with Crippen molar-refractivity contribution < 1.29 is 14.3 Å². The maximum Gasteiger partial charge on any atom is 0.315 e. The van der Waals surface area contributed by atoms with Crippen molar-refractivity contribution in [2.75, 3.05) is 19.8 Å². The molecule has 26 heavy (non-hydrogen) atoms. The van der Waals surface area contributed by atoms with Crippen LogP contribution >= 0.6 is 0 Å². The van der Waals surface area contributed by atoms with Crippen LogP contribution < -0.4 is 20.1 Å². The highest BCUT2D eigenvalue weighted by molar-refractivity contribution is 5.74. The van der Waals surface area contributed by atoms with Gasteiger partial charge in [-0.15, -0.1) is 0 Å². The summed E-state index contributed by atoms with van der Waals surface area (Å²) in [5, 5.41) is 5.80. The molecule has 2 aromatic carbocycles. The third-order valence-corrected chi connectivity index (χ3v) is 4.32. The molecule has 5 nitrogen and oxygen atoms in total. The molecule has 1 unspecified atom stereocenters. The molecule has 1 aliphatic heterocycles. The Morgan fingerprint density at radius 1 is 1.27 bits per heavy atom. The molecule has 1 atom stereocenters. The fraction of sp³-hybridized carbons (Fsp3) is 0.381. The highest BCUT2D eigenvalue weighted by atomic mass is 16.5. The lowest BCUT2D eigenvalue weighted by atomic mass is 10.1. The second kappa shape index (κ2) is 8.61. The Morgan fingerprint density at radius 3 is 3.00 bits per heavy atom. The summed E-state index contributed by atoms with van der Waals surface area (Å²) in [6, 6.07) is 13.9. The second-order valence-corrected chi connectivity index (χ2v) is 6.72. The molecule has 0 bridgehead atoms. The molecule has 138 valence electrons. The molecule has 0 aliphatic carbocycles. The highest BCUT2D eigenvalue weighted by Crippen LogP contribution is 2.25. The largest absolute Gasteiger partial charge is 0.493 e. The molecule has 2 amide bonds. The van der Waals surface area contributed by atoms with E-state index < -0.39 is 0 Å². The minimum Gasteiger partial charge on any atom is -0.493 e. The molecule has 2 N–H and O–H groups in total. The molecule has 1 heterocycles. The normalized spacial score (nSPS) is 13.5. The van der Waals surface area contributed by atoms with Crippen LogP contribution in [0.4, 0.5) is 4.79 Å². The lowest BCUT2D eigenvalue weighted by molar-refractivity contribution is 0.226. The quantitative estimate of drug-likeness (QED) is 0.802. The first-order valence-electron chi connectivity index (χ1n) is 9.08. The monoisotopic (exact) mass is 354 g/mol. The predicted octanol–water partition coefficient (Wildman–Crippen LogP) is 3.24. The number of nitrogens with one attached hydrogen (secondary N) is 2. The average molecular weight is 354 g/mol. The first-order chi connectivity index (χ1) is 12.6. The van der Waals surface area contributed by atoms with Gasteiger partial charge < -0.3 is 20.1 Å². The summed E-state index contributed by atoms with van der Waals surface area (Å²) in [6.07, 6.45) is 1.77. The lowest BCUT2D eigenvalue weighted by Gasteiger charge is -2.16. The zero-order valence-corrected chi connectivity index (χ0v) is 15.4. The Balaban J connectivity index is 1.35. The number of carbonyl (C=O) groups is 1. The summed E-state index contributed by atoms with van der Waals surface area (Å²) in [5.41, 5.74) is 3.62. The SMILES string of the molecule is Cc1cccc(OCC(C)NC(=O)NCCc2ccc3c(c2)CCO3)c1. The van der Waals surface area contributed by atoms with Gasteiger partial charge in [0.2, 0.25) is 0 Å². The number of ether oxygens (including phenoxy) is 2. The molecule has 1 aliphatic rings. The standard InChI is InChI=1S/C21H26N2O3/c1-15-4-3-5-19(12-15)26-14-16(2)23-21(24)22-10-8-17-6-7-20-18(13-17)9-11-25-20/h3-7,12-13,16H,8-11,14H2,1-2H3,(H2,22,23,24). The Hall–Kier alpha value is -2.69. The predicted molar refractivity (Wildman–Crippen MR) is 102 cm³/mol. The van der Waals surface area contributed by atoms with Gasteiger partial charge in [0.15, 0.2) is 0 Å². The second-order valence-electron chi connectivity index (χ2n) is 6.72. The number of hydrogen-bond donors (Lipinski definition) is 2. The lowest BCUT2D eigenvalue weighted by Crippen LogP contribution is -2.43. The van der Waals surface area contributed by atoms with E-state index >= 15 is 0 Å². The molecule has 2 aromatic rings. The van der Waals surface area contributed by atoms with Gasteiger partial charge >= 0.3 is 6.03 Å². The van der Waals surface area contributed by atoms with Gasteiger partial charge in [-0.2, -0.15) is 0 Å². The van der Waals surface area contributed by atoms with E-state index in [1.54, 1.807) is 0 Å². The molecular weight excluding hydrogens is 328 g/mol. The molecule has 0 saturated carbocycles. The zero-order chi connectivity index (χ0) is 18.4. The van der Waals surface area contributed by atoms with Crippen molar-refractivity contribution >= 4 is 6.03 Å². The maximum atomic E-state index is 12.0. The fourth-order valence-corrected chi connectivity index (χ4v) is 2.96. The van der Waals surface area contributed by atoms with E-state index in [0.29, 0.717) is 13.2 Å². The van der Waals surface area contributed by atoms with Crippen LogP contribution in [0.15, 0.2) is 42.5 Å². The van der Waals surface area contributed by atoms with Gasteiger partial charge in [-0.1, -0.05) is 24.3 Å². The summed E-state index contributed by atoms with van der Waals surface area (Å²) < 4.78 is 11.2. The van der Waals surface area contributed by atoms with Gasteiger partial charge in [-0.3, -0.25) is 0 Å². The third kappa shape index (κ3) is 5.15. The molecule has 5 heteroatoms. The van der Waals surface area contributed by atoms with Crippen LogP contribution in [0.3, 0.4) is 0 Å².